The highest BCUT2D eigenvalue weighted by Crippen LogP contribution is 2.26. The molecular weight excluding hydrogens is 406 g/mol. The number of nitro benzene ring substituents is 1. The molecule has 1 atom stereocenters. The first-order valence-corrected chi connectivity index (χ1v) is 10.0. The van der Waals surface area contributed by atoms with E-state index in [1.165, 1.54) is 19.1 Å². The number of hydrogen-bond donors (Lipinski definition) is 1. The number of carbonyl (C=O) groups excluding carboxylic acids is 2. The van der Waals surface area contributed by atoms with Crippen LogP contribution in [0.5, 0.6) is 0 Å². The minimum absolute atomic E-state index is 0.345. The van der Waals surface area contributed by atoms with Gasteiger partial charge in [0.1, 0.15) is 12.1 Å². The van der Waals surface area contributed by atoms with E-state index in [1.807, 2.05) is 0 Å². The normalized spacial score (nSPS) is 12.9. The van der Waals surface area contributed by atoms with E-state index < -0.39 is 55.8 Å². The zero-order chi connectivity index (χ0) is 22.4. The Labute approximate surface area is 169 Å². The predicted molar refractivity (Wildman–Crippen MR) is 103 cm³/mol. The van der Waals surface area contributed by atoms with Gasteiger partial charge in [0.15, 0.2) is 4.90 Å². The maximum atomic E-state index is 13.0. The summed E-state index contributed by atoms with van der Waals surface area (Å²) in [5, 5.41) is 13.7. The number of carbonyl (C=O) groups is 2. The lowest BCUT2D eigenvalue weighted by molar-refractivity contribution is -0.387. The fourth-order valence-corrected chi connectivity index (χ4v) is 3.91. The Bertz CT molecular complexity index is 864. The molecule has 0 spiro atoms. The summed E-state index contributed by atoms with van der Waals surface area (Å²) < 4.78 is 36.4. The minimum atomic E-state index is -4.45. The molecule has 29 heavy (non-hydrogen) atoms. The minimum Gasteiger partial charge on any atom is -0.468 e. The number of nitrogens with one attached hydrogen (secondary N) is 1. The van der Waals surface area contributed by atoms with Crippen LogP contribution in [0.4, 0.5) is 10.5 Å². The summed E-state index contributed by atoms with van der Waals surface area (Å²) in [6.45, 7) is 5.47. The molecule has 162 valence electrons. The molecule has 12 heteroatoms. The lowest BCUT2D eigenvalue weighted by atomic mass is 10.2. The number of alkyl carbamates (subject to hydrolysis) is 1. The summed E-state index contributed by atoms with van der Waals surface area (Å²) in [6.07, 6.45) is -0.772. The summed E-state index contributed by atoms with van der Waals surface area (Å²) in [5.74, 6) is -0.864. The number of benzene rings is 1. The van der Waals surface area contributed by atoms with Crippen molar-refractivity contribution in [3.05, 3.63) is 34.4 Å². The van der Waals surface area contributed by atoms with Gasteiger partial charge in [-0.15, -0.1) is 0 Å². The van der Waals surface area contributed by atoms with Crippen molar-refractivity contribution in [3.8, 4) is 0 Å². The first-order chi connectivity index (χ1) is 13.3. The van der Waals surface area contributed by atoms with Crippen LogP contribution in [0.25, 0.3) is 0 Å². The van der Waals surface area contributed by atoms with Crippen molar-refractivity contribution >= 4 is 27.8 Å². The van der Waals surface area contributed by atoms with Gasteiger partial charge in [0.05, 0.1) is 12.0 Å². The van der Waals surface area contributed by atoms with Gasteiger partial charge < -0.3 is 14.8 Å². The molecule has 1 rings (SSSR count). The Kier molecular flexibility index (Phi) is 8.09. The third-order valence-electron chi connectivity index (χ3n) is 3.45. The molecule has 0 unspecified atom stereocenters. The summed E-state index contributed by atoms with van der Waals surface area (Å²) in [6, 6.07) is 4.01. The highest BCUT2D eigenvalue weighted by molar-refractivity contribution is 7.89. The summed E-state index contributed by atoms with van der Waals surface area (Å²) in [5.41, 5.74) is -1.39. The van der Waals surface area contributed by atoms with Crippen molar-refractivity contribution in [2.75, 3.05) is 20.2 Å². The average molecular weight is 431 g/mol. The van der Waals surface area contributed by atoms with Crippen LogP contribution in [-0.2, 0) is 24.3 Å². The van der Waals surface area contributed by atoms with Crippen molar-refractivity contribution in [1.29, 1.82) is 0 Å². The van der Waals surface area contributed by atoms with Gasteiger partial charge in [-0.2, -0.15) is 4.31 Å². The van der Waals surface area contributed by atoms with Gasteiger partial charge in [-0.05, 0) is 33.8 Å². The third-order valence-corrected chi connectivity index (χ3v) is 5.31. The number of para-hydroxylation sites is 1. The topological polar surface area (TPSA) is 145 Å². The standard InChI is InChI=1S/C17H25N3O8S/c1-12(18-16(22)28-17(2,3)4)10-19(11-15(21)27-5)29(25,26)14-9-7-6-8-13(14)20(23)24/h6-9,12H,10-11H2,1-5H3,(H,18,22)/t12-/m0/s1. The van der Waals surface area contributed by atoms with Gasteiger partial charge >= 0.3 is 12.1 Å². The van der Waals surface area contributed by atoms with E-state index in [4.69, 9.17) is 4.74 Å². The number of sulfonamides is 1. The SMILES string of the molecule is COC(=O)CN(C[C@H](C)NC(=O)OC(C)(C)C)S(=O)(=O)c1ccccc1[N+](=O)[O-]. The zero-order valence-corrected chi connectivity index (χ0v) is 17.7. The number of methoxy groups -OCH3 is 1. The number of rotatable bonds is 8. The zero-order valence-electron chi connectivity index (χ0n) is 16.9. The lowest BCUT2D eigenvalue weighted by Gasteiger charge is -2.26. The molecule has 1 aromatic rings. The second-order valence-corrected chi connectivity index (χ2v) is 9.05. The van der Waals surface area contributed by atoms with Crippen molar-refractivity contribution in [2.24, 2.45) is 0 Å². The van der Waals surface area contributed by atoms with Gasteiger partial charge in [-0.3, -0.25) is 14.9 Å². The van der Waals surface area contributed by atoms with Gasteiger partial charge in [0.2, 0.25) is 0 Å². The molecule has 0 aliphatic carbocycles. The molecule has 0 bridgehead atoms. The van der Waals surface area contributed by atoms with E-state index in [9.17, 15) is 28.1 Å². The maximum absolute atomic E-state index is 13.0. The monoisotopic (exact) mass is 431 g/mol. The number of nitro groups is 1. The Morgan fingerprint density at radius 1 is 1.28 bits per heavy atom. The quantitative estimate of drug-likeness (QED) is 0.372. The van der Waals surface area contributed by atoms with Crippen LogP contribution in [0.2, 0.25) is 0 Å². The summed E-state index contributed by atoms with van der Waals surface area (Å²) >= 11 is 0. The molecule has 1 amide bonds. The predicted octanol–water partition coefficient (Wildman–Crippen LogP) is 1.67. The number of nitrogens with zero attached hydrogens (tertiary/aromatic N) is 2. The van der Waals surface area contributed by atoms with E-state index in [-0.39, 0.29) is 6.54 Å². The van der Waals surface area contributed by atoms with E-state index in [1.54, 1.807) is 20.8 Å². The van der Waals surface area contributed by atoms with Crippen LogP contribution >= 0.6 is 0 Å². The van der Waals surface area contributed by atoms with E-state index in [2.05, 4.69) is 10.1 Å². The number of esters is 1. The molecule has 0 fully saturated rings. The van der Waals surface area contributed by atoms with Crippen LogP contribution in [0.1, 0.15) is 27.7 Å². The first kappa shape index (κ1) is 24.3. The smallest absolute Gasteiger partial charge is 0.407 e. The maximum Gasteiger partial charge on any atom is 0.407 e. The van der Waals surface area contributed by atoms with E-state index >= 15 is 0 Å². The number of ether oxygens (including phenoxy) is 2. The van der Waals surface area contributed by atoms with E-state index in [0.29, 0.717) is 4.31 Å². The fraction of sp³-hybridized carbons (Fsp3) is 0.529. The first-order valence-electron chi connectivity index (χ1n) is 8.58. The Morgan fingerprint density at radius 3 is 2.38 bits per heavy atom. The van der Waals surface area contributed by atoms with Crippen LogP contribution in [0.15, 0.2) is 29.2 Å². The van der Waals surface area contributed by atoms with Gasteiger partial charge in [0.25, 0.3) is 15.7 Å². The molecule has 0 aliphatic heterocycles. The molecule has 0 saturated carbocycles. The number of hydrogen-bond acceptors (Lipinski definition) is 8. The van der Waals surface area contributed by atoms with Gasteiger partial charge in [-0.1, -0.05) is 12.1 Å². The molecule has 0 aromatic heterocycles. The largest absolute Gasteiger partial charge is 0.468 e. The molecular formula is C17H25N3O8S. The van der Waals surface area contributed by atoms with Crippen molar-refractivity contribution in [3.63, 3.8) is 0 Å². The second kappa shape index (κ2) is 9.65. The van der Waals surface area contributed by atoms with Crippen molar-refractivity contribution < 1.29 is 32.4 Å². The van der Waals surface area contributed by atoms with Crippen molar-refractivity contribution in [1.82, 2.24) is 9.62 Å². The van der Waals surface area contributed by atoms with Crippen LogP contribution in [-0.4, -0.2) is 61.6 Å². The fourth-order valence-electron chi connectivity index (χ4n) is 2.28. The van der Waals surface area contributed by atoms with E-state index in [0.717, 1.165) is 19.2 Å². The Balaban J connectivity index is 3.17. The van der Waals surface area contributed by atoms with Crippen LogP contribution < -0.4 is 5.32 Å². The van der Waals surface area contributed by atoms with Crippen LogP contribution in [0, 0.1) is 10.1 Å². The van der Waals surface area contributed by atoms with Crippen molar-refractivity contribution in [2.45, 2.75) is 44.2 Å². The molecule has 1 aromatic carbocycles. The summed E-state index contributed by atoms with van der Waals surface area (Å²) in [7, 11) is -3.37. The molecule has 0 saturated heterocycles. The summed E-state index contributed by atoms with van der Waals surface area (Å²) in [4.78, 5) is 33.5. The second-order valence-electron chi connectivity index (χ2n) is 7.15. The molecule has 0 aliphatic rings. The average Bonchev–Trinajstić information content (AvgIpc) is 2.58. The van der Waals surface area contributed by atoms with Gasteiger partial charge in [0, 0.05) is 18.7 Å². The number of amides is 1. The molecule has 11 nitrogen and oxygen atoms in total. The molecule has 1 N–H and O–H groups in total. The molecule has 0 radical (unpaired) electrons. The highest BCUT2D eigenvalue weighted by atomic mass is 32.2. The van der Waals surface area contributed by atoms with Gasteiger partial charge in [-0.25, -0.2) is 13.2 Å². The Hall–Kier alpha value is -2.73. The lowest BCUT2D eigenvalue weighted by Crippen LogP contribution is -2.47. The molecule has 0 heterocycles. The third kappa shape index (κ3) is 7.31. The highest BCUT2D eigenvalue weighted by Gasteiger charge is 2.34. The van der Waals surface area contributed by atoms with Crippen LogP contribution in [0.3, 0.4) is 0 Å². The Morgan fingerprint density at radius 2 is 1.86 bits per heavy atom.